The fourth-order valence-corrected chi connectivity index (χ4v) is 1.51. The van der Waals surface area contributed by atoms with Gasteiger partial charge in [-0.2, -0.15) is 0 Å². The molecule has 0 amide bonds. The Labute approximate surface area is 123 Å². The molecule has 1 aromatic heterocycles. The first-order valence-electron chi connectivity index (χ1n) is 5.58. The summed E-state index contributed by atoms with van der Waals surface area (Å²) in [6.07, 6.45) is -1.91. The number of benzene rings is 1. The molecule has 0 atom stereocenters. The van der Waals surface area contributed by atoms with E-state index in [9.17, 15) is 13.2 Å². The molecule has 3 N–H and O–H groups in total. The minimum absolute atomic E-state index is 0.128. The van der Waals surface area contributed by atoms with Crippen LogP contribution >= 0.6 is 12.2 Å². The Balaban J connectivity index is 2.04. The minimum atomic E-state index is -4.71. The number of nitrogens with zero attached hydrogens (tertiary/aromatic N) is 2. The molecule has 0 saturated heterocycles. The summed E-state index contributed by atoms with van der Waals surface area (Å²) in [7, 11) is 0. The summed E-state index contributed by atoms with van der Waals surface area (Å²) in [4.78, 5) is 8.13. The van der Waals surface area contributed by atoms with Gasteiger partial charge in [0.1, 0.15) is 22.2 Å². The monoisotopic (exact) mass is 314 g/mol. The summed E-state index contributed by atoms with van der Waals surface area (Å²) in [6, 6.07) is 5.22. The summed E-state index contributed by atoms with van der Waals surface area (Å²) in [5.74, 6) is 0.0995. The van der Waals surface area contributed by atoms with Crippen LogP contribution in [0.5, 0.6) is 5.75 Å². The van der Waals surface area contributed by atoms with Gasteiger partial charge in [-0.05, 0) is 24.3 Å². The van der Waals surface area contributed by atoms with E-state index in [4.69, 9.17) is 18.0 Å². The van der Waals surface area contributed by atoms with Crippen LogP contribution in [0.1, 0.15) is 5.69 Å². The number of hydrogen-bond donors (Lipinski definition) is 2. The highest BCUT2D eigenvalue weighted by atomic mass is 32.1. The van der Waals surface area contributed by atoms with Gasteiger partial charge in [-0.3, -0.25) is 0 Å². The van der Waals surface area contributed by atoms with Crippen LogP contribution in [0.4, 0.5) is 24.7 Å². The van der Waals surface area contributed by atoms with Gasteiger partial charge in [-0.1, -0.05) is 12.2 Å². The standard InChI is InChI=1S/C12H9F3N4OS/c13-12(14,15)20-8-3-1-7(2-4-8)19-10-6-17-9(5-18-10)11(16)21/h1-6H,(H2,16,21)(H,18,19). The zero-order valence-electron chi connectivity index (χ0n) is 10.4. The van der Waals surface area contributed by atoms with Crippen LogP contribution in [0, 0.1) is 0 Å². The van der Waals surface area contributed by atoms with Crippen molar-refractivity contribution in [2.45, 2.75) is 6.36 Å². The van der Waals surface area contributed by atoms with Gasteiger partial charge in [-0.15, -0.1) is 13.2 Å². The first-order valence-corrected chi connectivity index (χ1v) is 5.99. The fourth-order valence-electron chi connectivity index (χ4n) is 1.41. The maximum Gasteiger partial charge on any atom is 0.573 e. The van der Waals surface area contributed by atoms with Crippen molar-refractivity contribution in [2.75, 3.05) is 5.32 Å². The zero-order valence-corrected chi connectivity index (χ0v) is 11.2. The number of nitrogens with one attached hydrogen (secondary N) is 1. The molecule has 1 aromatic carbocycles. The second-order valence-corrected chi connectivity index (χ2v) is 4.29. The van der Waals surface area contributed by atoms with Crippen LogP contribution in [-0.4, -0.2) is 21.3 Å². The highest BCUT2D eigenvalue weighted by molar-refractivity contribution is 7.80. The van der Waals surface area contributed by atoms with Crippen molar-refractivity contribution in [1.29, 1.82) is 0 Å². The number of rotatable bonds is 4. The lowest BCUT2D eigenvalue weighted by atomic mass is 10.3. The average molecular weight is 314 g/mol. The lowest BCUT2D eigenvalue weighted by Crippen LogP contribution is -2.17. The molecule has 110 valence electrons. The van der Waals surface area contributed by atoms with E-state index < -0.39 is 6.36 Å². The second-order valence-electron chi connectivity index (χ2n) is 3.85. The van der Waals surface area contributed by atoms with E-state index in [1.807, 2.05) is 0 Å². The average Bonchev–Trinajstić information content (AvgIpc) is 2.40. The SMILES string of the molecule is NC(=S)c1cnc(Nc2ccc(OC(F)(F)F)cc2)cn1. The Morgan fingerprint density at radius 2 is 1.81 bits per heavy atom. The molecule has 1 heterocycles. The first kappa shape index (κ1) is 15.0. The quantitative estimate of drug-likeness (QED) is 0.846. The molecule has 0 radical (unpaired) electrons. The molecular weight excluding hydrogens is 305 g/mol. The van der Waals surface area contributed by atoms with Gasteiger partial charge in [0.25, 0.3) is 0 Å². The Bertz CT molecular complexity index is 628. The number of hydrogen-bond acceptors (Lipinski definition) is 5. The summed E-state index contributed by atoms with van der Waals surface area (Å²) < 4.78 is 39.8. The van der Waals surface area contributed by atoms with E-state index >= 15 is 0 Å². The molecule has 0 aliphatic carbocycles. The van der Waals surface area contributed by atoms with E-state index in [0.717, 1.165) is 0 Å². The van der Waals surface area contributed by atoms with Crippen LogP contribution in [0.25, 0.3) is 0 Å². The molecule has 2 rings (SSSR count). The predicted molar refractivity (Wildman–Crippen MR) is 74.3 cm³/mol. The van der Waals surface area contributed by atoms with Crippen molar-refractivity contribution in [3.8, 4) is 5.75 Å². The molecule has 0 unspecified atom stereocenters. The largest absolute Gasteiger partial charge is 0.573 e. The summed E-state index contributed by atoms with van der Waals surface area (Å²) in [5.41, 5.74) is 6.29. The summed E-state index contributed by atoms with van der Waals surface area (Å²) in [5, 5.41) is 2.87. The van der Waals surface area contributed by atoms with Crippen molar-refractivity contribution in [3.63, 3.8) is 0 Å². The topological polar surface area (TPSA) is 73.1 Å². The van der Waals surface area contributed by atoms with Gasteiger partial charge in [0, 0.05) is 5.69 Å². The van der Waals surface area contributed by atoms with Gasteiger partial charge in [0.05, 0.1) is 12.4 Å². The van der Waals surface area contributed by atoms with E-state index in [2.05, 4.69) is 20.0 Å². The van der Waals surface area contributed by atoms with Crippen molar-refractivity contribution in [3.05, 3.63) is 42.4 Å². The summed E-state index contributed by atoms with van der Waals surface area (Å²) >= 11 is 4.74. The molecular formula is C12H9F3N4OS. The van der Waals surface area contributed by atoms with Crippen LogP contribution in [0.2, 0.25) is 0 Å². The van der Waals surface area contributed by atoms with E-state index in [1.54, 1.807) is 0 Å². The van der Waals surface area contributed by atoms with Gasteiger partial charge >= 0.3 is 6.36 Å². The van der Waals surface area contributed by atoms with Gasteiger partial charge in [0.15, 0.2) is 0 Å². The Hall–Kier alpha value is -2.42. The molecule has 0 aliphatic rings. The van der Waals surface area contributed by atoms with Crippen molar-refractivity contribution in [1.82, 2.24) is 9.97 Å². The molecule has 0 fully saturated rings. The summed E-state index contributed by atoms with van der Waals surface area (Å²) in [6.45, 7) is 0. The van der Waals surface area contributed by atoms with Gasteiger partial charge in [0.2, 0.25) is 0 Å². The highest BCUT2D eigenvalue weighted by Gasteiger charge is 2.30. The lowest BCUT2D eigenvalue weighted by molar-refractivity contribution is -0.274. The number of ether oxygens (including phenoxy) is 1. The third-order valence-electron chi connectivity index (χ3n) is 2.26. The van der Waals surface area contributed by atoms with E-state index in [0.29, 0.717) is 17.2 Å². The molecule has 9 heteroatoms. The minimum Gasteiger partial charge on any atom is -0.406 e. The number of anilines is 2. The molecule has 0 aliphatic heterocycles. The normalized spacial score (nSPS) is 11.0. The number of thiocarbonyl (C=S) groups is 1. The van der Waals surface area contributed by atoms with E-state index in [-0.39, 0.29) is 10.7 Å². The lowest BCUT2D eigenvalue weighted by Gasteiger charge is -2.10. The highest BCUT2D eigenvalue weighted by Crippen LogP contribution is 2.24. The Kier molecular flexibility index (Phi) is 4.22. The smallest absolute Gasteiger partial charge is 0.406 e. The molecule has 5 nitrogen and oxygen atoms in total. The zero-order chi connectivity index (χ0) is 15.5. The Morgan fingerprint density at radius 3 is 2.29 bits per heavy atom. The van der Waals surface area contributed by atoms with Crippen LogP contribution in [-0.2, 0) is 0 Å². The maximum atomic E-state index is 12.0. The van der Waals surface area contributed by atoms with E-state index in [1.165, 1.54) is 36.7 Å². The molecule has 0 saturated carbocycles. The second kappa shape index (κ2) is 5.92. The third kappa shape index (κ3) is 4.56. The molecule has 0 bridgehead atoms. The van der Waals surface area contributed by atoms with Crippen LogP contribution in [0.3, 0.4) is 0 Å². The number of alkyl halides is 3. The number of aromatic nitrogens is 2. The number of halogens is 3. The van der Waals surface area contributed by atoms with Gasteiger partial charge in [-0.25, -0.2) is 9.97 Å². The van der Waals surface area contributed by atoms with Crippen molar-refractivity contribution in [2.24, 2.45) is 5.73 Å². The van der Waals surface area contributed by atoms with Crippen LogP contribution in [0.15, 0.2) is 36.7 Å². The van der Waals surface area contributed by atoms with Gasteiger partial charge < -0.3 is 15.8 Å². The predicted octanol–water partition coefficient (Wildman–Crippen LogP) is 2.75. The van der Waals surface area contributed by atoms with Crippen LogP contribution < -0.4 is 15.8 Å². The van der Waals surface area contributed by atoms with Crippen molar-refractivity contribution >= 4 is 28.7 Å². The Morgan fingerprint density at radius 1 is 1.14 bits per heavy atom. The molecule has 0 spiro atoms. The first-order chi connectivity index (χ1) is 9.83. The van der Waals surface area contributed by atoms with Crippen molar-refractivity contribution < 1.29 is 17.9 Å². The molecule has 21 heavy (non-hydrogen) atoms. The molecule has 2 aromatic rings. The third-order valence-corrected chi connectivity index (χ3v) is 2.47. The number of nitrogens with two attached hydrogens (primary N) is 1. The fraction of sp³-hybridized carbons (Fsp3) is 0.0833. The maximum absolute atomic E-state index is 12.0.